The molecule has 6 heteroatoms. The summed E-state index contributed by atoms with van der Waals surface area (Å²) in [6, 6.07) is 15.9. The summed E-state index contributed by atoms with van der Waals surface area (Å²) < 4.78 is 12.6. The van der Waals surface area contributed by atoms with Crippen molar-refractivity contribution in [1.82, 2.24) is 14.6 Å². The van der Waals surface area contributed by atoms with Crippen LogP contribution in [0.2, 0.25) is 0 Å². The molecule has 0 spiro atoms. The van der Waals surface area contributed by atoms with E-state index in [0.29, 0.717) is 18.4 Å². The van der Waals surface area contributed by atoms with Crippen LogP contribution in [0.4, 0.5) is 0 Å². The van der Waals surface area contributed by atoms with Gasteiger partial charge in [-0.2, -0.15) is 5.10 Å². The highest BCUT2D eigenvalue weighted by atomic mass is 16.5. The molecule has 5 rings (SSSR count). The third-order valence-electron chi connectivity index (χ3n) is 6.23. The second-order valence-corrected chi connectivity index (χ2v) is 8.04. The lowest BCUT2D eigenvalue weighted by Gasteiger charge is -2.24. The van der Waals surface area contributed by atoms with Crippen LogP contribution in [0.15, 0.2) is 54.7 Å². The van der Waals surface area contributed by atoms with Gasteiger partial charge in [0.2, 0.25) is 0 Å². The Morgan fingerprint density at radius 3 is 2.53 bits per heavy atom. The minimum atomic E-state index is 0.0408. The first-order valence-electron chi connectivity index (χ1n) is 10.8. The van der Waals surface area contributed by atoms with Gasteiger partial charge in [0.15, 0.2) is 11.4 Å². The van der Waals surface area contributed by atoms with E-state index in [1.165, 1.54) is 0 Å². The maximum Gasteiger partial charge on any atom is 0.166 e. The Kier molecular flexibility index (Phi) is 5.13. The number of aryl methyl sites for hydroxylation is 1. The van der Waals surface area contributed by atoms with Crippen molar-refractivity contribution < 1.29 is 14.3 Å². The minimum absolute atomic E-state index is 0.0408. The smallest absolute Gasteiger partial charge is 0.166 e. The highest BCUT2D eigenvalue weighted by Gasteiger charge is 2.30. The van der Waals surface area contributed by atoms with Crippen LogP contribution in [0.1, 0.15) is 46.6 Å². The molecule has 1 unspecified atom stereocenters. The van der Waals surface area contributed by atoms with Crippen molar-refractivity contribution in [3.8, 4) is 22.6 Å². The maximum atomic E-state index is 13.1. The van der Waals surface area contributed by atoms with Crippen molar-refractivity contribution in [3.05, 3.63) is 77.2 Å². The molecular weight excluding hydrogens is 402 g/mol. The van der Waals surface area contributed by atoms with Gasteiger partial charge < -0.3 is 9.47 Å². The van der Waals surface area contributed by atoms with Gasteiger partial charge in [-0.3, -0.25) is 4.79 Å². The lowest BCUT2D eigenvalue weighted by Crippen LogP contribution is -2.21. The normalized spacial score (nSPS) is 15.6. The Balaban J connectivity index is 1.63. The second kappa shape index (κ2) is 8.11. The molecule has 0 N–H and O–H groups in total. The molecule has 2 aromatic heterocycles. The molecule has 0 fully saturated rings. The van der Waals surface area contributed by atoms with Crippen molar-refractivity contribution in [2.45, 2.75) is 32.1 Å². The summed E-state index contributed by atoms with van der Waals surface area (Å²) in [4.78, 5) is 18.1. The first-order valence-corrected chi connectivity index (χ1v) is 10.8. The number of carbonyl (C=O) groups is 1. The fourth-order valence-corrected chi connectivity index (χ4v) is 4.61. The monoisotopic (exact) mass is 427 g/mol. The fraction of sp³-hybridized carbons (Fsp3) is 0.269. The molecule has 1 aliphatic rings. The number of hydrogen-bond donors (Lipinski definition) is 0. The van der Waals surface area contributed by atoms with Gasteiger partial charge in [0.1, 0.15) is 11.5 Å². The lowest BCUT2D eigenvalue weighted by molar-refractivity contribution is 0.0962. The van der Waals surface area contributed by atoms with E-state index in [4.69, 9.17) is 19.6 Å². The summed E-state index contributed by atoms with van der Waals surface area (Å²) in [7, 11) is 3.32. The summed E-state index contributed by atoms with van der Waals surface area (Å²) in [5, 5.41) is 4.75. The Bertz CT molecular complexity index is 1310. The predicted octanol–water partition coefficient (Wildman–Crippen LogP) is 4.89. The molecule has 162 valence electrons. The number of para-hydroxylation sites is 1. The van der Waals surface area contributed by atoms with E-state index in [1.54, 1.807) is 18.7 Å². The third-order valence-corrected chi connectivity index (χ3v) is 6.23. The number of benzene rings is 2. The number of rotatable bonds is 5. The van der Waals surface area contributed by atoms with E-state index in [2.05, 4.69) is 6.92 Å². The Morgan fingerprint density at radius 1 is 1.03 bits per heavy atom. The Hall–Kier alpha value is -3.67. The zero-order valence-electron chi connectivity index (χ0n) is 18.5. The Labute approximate surface area is 186 Å². The van der Waals surface area contributed by atoms with Gasteiger partial charge in [0.05, 0.1) is 31.2 Å². The average Bonchev–Trinajstić information content (AvgIpc) is 3.20. The highest BCUT2D eigenvalue weighted by molar-refractivity contribution is 5.99. The average molecular weight is 428 g/mol. The van der Waals surface area contributed by atoms with Crippen LogP contribution in [0, 0.1) is 0 Å². The highest BCUT2D eigenvalue weighted by Crippen LogP contribution is 2.37. The quantitative estimate of drug-likeness (QED) is 0.454. The molecule has 0 aliphatic heterocycles. The number of nitrogens with zero attached hydrogens (tertiary/aromatic N) is 3. The van der Waals surface area contributed by atoms with E-state index in [1.807, 2.05) is 54.7 Å². The van der Waals surface area contributed by atoms with Gasteiger partial charge in [-0.05, 0) is 42.2 Å². The predicted molar refractivity (Wildman–Crippen MR) is 123 cm³/mol. The molecule has 0 saturated carbocycles. The molecule has 0 amide bonds. The van der Waals surface area contributed by atoms with Crippen LogP contribution in [0.3, 0.4) is 0 Å². The second-order valence-electron chi connectivity index (χ2n) is 8.04. The van der Waals surface area contributed by atoms with Crippen molar-refractivity contribution in [3.63, 3.8) is 0 Å². The first-order chi connectivity index (χ1) is 15.6. The fourth-order valence-electron chi connectivity index (χ4n) is 4.61. The van der Waals surface area contributed by atoms with Gasteiger partial charge in [-0.1, -0.05) is 37.3 Å². The van der Waals surface area contributed by atoms with Crippen LogP contribution >= 0.6 is 0 Å². The van der Waals surface area contributed by atoms with Gasteiger partial charge in [-0.15, -0.1) is 0 Å². The Morgan fingerprint density at radius 2 is 1.81 bits per heavy atom. The number of aromatic nitrogens is 3. The van der Waals surface area contributed by atoms with E-state index < -0.39 is 0 Å². The van der Waals surface area contributed by atoms with Crippen LogP contribution in [0.25, 0.3) is 16.8 Å². The first kappa shape index (κ1) is 20.2. The molecule has 32 heavy (non-hydrogen) atoms. The maximum absolute atomic E-state index is 13.1. The summed E-state index contributed by atoms with van der Waals surface area (Å²) in [5.41, 5.74) is 6.31. The van der Waals surface area contributed by atoms with Crippen LogP contribution < -0.4 is 9.47 Å². The number of methoxy groups -OCH3 is 2. The van der Waals surface area contributed by atoms with Crippen LogP contribution in [0.5, 0.6) is 11.5 Å². The standard InChI is InChI=1S/C26H25N3O3/c1-4-21-25(16-9-11-18(31-2)12-10-16)26-27-22-13-17(19-7-5-6-8-24(19)32-3)14-23(30)20(22)15-29(26)28-21/h5-12,15,17H,4,13-14H2,1-3H3. The zero-order chi connectivity index (χ0) is 22.2. The molecule has 0 radical (unpaired) electrons. The van der Waals surface area contributed by atoms with Gasteiger partial charge in [0.25, 0.3) is 0 Å². The molecule has 0 saturated heterocycles. The third kappa shape index (κ3) is 3.32. The summed E-state index contributed by atoms with van der Waals surface area (Å²) in [6.07, 6.45) is 3.75. The lowest BCUT2D eigenvalue weighted by atomic mass is 9.82. The summed E-state index contributed by atoms with van der Waals surface area (Å²) >= 11 is 0. The van der Waals surface area contributed by atoms with E-state index >= 15 is 0 Å². The number of carbonyl (C=O) groups excluding carboxylic acids is 1. The molecule has 0 bridgehead atoms. The molecular formula is C26H25N3O3. The van der Waals surface area contributed by atoms with Gasteiger partial charge in [-0.25, -0.2) is 9.50 Å². The van der Waals surface area contributed by atoms with Crippen LogP contribution in [-0.4, -0.2) is 34.6 Å². The van der Waals surface area contributed by atoms with Gasteiger partial charge >= 0.3 is 0 Å². The number of hydrogen-bond acceptors (Lipinski definition) is 5. The zero-order valence-corrected chi connectivity index (χ0v) is 18.5. The van der Waals surface area contributed by atoms with E-state index in [0.717, 1.165) is 51.6 Å². The van der Waals surface area contributed by atoms with Crippen molar-refractivity contribution in [2.24, 2.45) is 0 Å². The van der Waals surface area contributed by atoms with Crippen molar-refractivity contribution in [1.29, 1.82) is 0 Å². The number of fused-ring (bicyclic) bond motifs is 2. The van der Waals surface area contributed by atoms with E-state index in [9.17, 15) is 4.79 Å². The molecule has 4 aromatic rings. The molecule has 2 heterocycles. The SMILES string of the molecule is CCc1nn2cc3c(nc2c1-c1ccc(OC)cc1)CC(c1ccccc1OC)CC3=O. The number of ketones is 1. The number of Topliss-reactive ketones (excluding diaryl/α,β-unsaturated/α-hetero) is 1. The topological polar surface area (TPSA) is 65.7 Å². The van der Waals surface area contributed by atoms with Crippen molar-refractivity contribution >= 4 is 11.4 Å². The van der Waals surface area contributed by atoms with Crippen LogP contribution in [-0.2, 0) is 12.8 Å². The van der Waals surface area contributed by atoms with Crippen molar-refractivity contribution in [2.75, 3.05) is 14.2 Å². The molecule has 1 atom stereocenters. The largest absolute Gasteiger partial charge is 0.497 e. The van der Waals surface area contributed by atoms with E-state index in [-0.39, 0.29) is 11.7 Å². The molecule has 2 aromatic carbocycles. The molecule has 1 aliphatic carbocycles. The minimum Gasteiger partial charge on any atom is -0.497 e. The summed E-state index contributed by atoms with van der Waals surface area (Å²) in [5.74, 6) is 1.75. The number of ether oxygens (including phenoxy) is 2. The van der Waals surface area contributed by atoms with Gasteiger partial charge in [0, 0.05) is 24.1 Å². The summed E-state index contributed by atoms with van der Waals surface area (Å²) in [6.45, 7) is 2.08. The molecule has 6 nitrogen and oxygen atoms in total.